The minimum Gasteiger partial charge on any atom is -0.378 e. The largest absolute Gasteiger partial charge is 0.378 e. The van der Waals surface area contributed by atoms with Crippen molar-refractivity contribution in [2.45, 2.75) is 45.6 Å². The van der Waals surface area contributed by atoms with E-state index in [0.717, 1.165) is 37.8 Å². The van der Waals surface area contributed by atoms with Gasteiger partial charge in [0.25, 0.3) is 0 Å². The van der Waals surface area contributed by atoms with Gasteiger partial charge in [-0.25, -0.2) is 8.78 Å². The van der Waals surface area contributed by atoms with Crippen LogP contribution in [0.25, 0.3) is 0 Å². The van der Waals surface area contributed by atoms with E-state index in [1.807, 2.05) is 0 Å². The monoisotopic (exact) mass is 264 g/mol. The predicted molar refractivity (Wildman–Crippen MR) is 70.7 cm³/mol. The average molecular weight is 264 g/mol. The van der Waals surface area contributed by atoms with Crippen molar-refractivity contribution in [2.75, 3.05) is 5.32 Å². The van der Waals surface area contributed by atoms with Gasteiger partial charge in [-0.05, 0) is 43.2 Å². The highest BCUT2D eigenvalue weighted by atomic mass is 19.1. The highest BCUT2D eigenvalue weighted by Gasteiger charge is 2.27. The van der Waals surface area contributed by atoms with Crippen LogP contribution in [-0.2, 0) is 0 Å². The van der Waals surface area contributed by atoms with Crippen molar-refractivity contribution in [1.82, 2.24) is 0 Å². The summed E-state index contributed by atoms with van der Waals surface area (Å²) in [5.74, 6) is -1.39. The Bertz CT molecular complexity index is 484. The molecule has 0 spiro atoms. The van der Waals surface area contributed by atoms with Crippen LogP contribution in [0.2, 0.25) is 0 Å². The highest BCUT2D eigenvalue weighted by molar-refractivity contribution is 5.51. The Balaban J connectivity index is 2.10. The van der Waals surface area contributed by atoms with Crippen LogP contribution in [0, 0.1) is 28.4 Å². The number of nitriles is 1. The van der Waals surface area contributed by atoms with Gasteiger partial charge < -0.3 is 5.32 Å². The second kappa shape index (κ2) is 5.16. The molecule has 0 bridgehead atoms. The summed E-state index contributed by atoms with van der Waals surface area (Å²) >= 11 is 0. The third-order valence-corrected chi connectivity index (χ3v) is 3.86. The first kappa shape index (κ1) is 13.8. The molecular formula is C15H18F2N2. The molecule has 0 radical (unpaired) electrons. The Hall–Kier alpha value is -1.63. The molecule has 0 amide bonds. The Morgan fingerprint density at radius 3 is 2.21 bits per heavy atom. The molecule has 1 aliphatic carbocycles. The van der Waals surface area contributed by atoms with Crippen molar-refractivity contribution >= 4 is 5.69 Å². The van der Waals surface area contributed by atoms with Gasteiger partial charge >= 0.3 is 0 Å². The van der Waals surface area contributed by atoms with Crippen LogP contribution in [0.15, 0.2) is 12.1 Å². The Labute approximate surface area is 112 Å². The van der Waals surface area contributed by atoms with Crippen LogP contribution in [0.5, 0.6) is 0 Å². The number of halogens is 2. The summed E-state index contributed by atoms with van der Waals surface area (Å²) in [6.07, 6.45) is 3.91. The van der Waals surface area contributed by atoms with E-state index in [9.17, 15) is 8.78 Å². The number of nitrogens with one attached hydrogen (secondary N) is 1. The molecule has 0 saturated heterocycles. The molecule has 0 aliphatic heterocycles. The van der Waals surface area contributed by atoms with E-state index in [-0.39, 0.29) is 17.3 Å². The van der Waals surface area contributed by atoms with Crippen molar-refractivity contribution in [3.63, 3.8) is 0 Å². The molecular weight excluding hydrogens is 246 g/mol. The van der Waals surface area contributed by atoms with Crippen molar-refractivity contribution < 1.29 is 8.78 Å². The Morgan fingerprint density at radius 2 is 1.74 bits per heavy atom. The highest BCUT2D eigenvalue weighted by Crippen LogP contribution is 2.36. The molecule has 2 nitrogen and oxygen atoms in total. The molecule has 1 aliphatic rings. The summed E-state index contributed by atoms with van der Waals surface area (Å²) in [6.45, 7) is 4.43. The molecule has 1 fully saturated rings. The molecule has 1 N–H and O–H groups in total. The maximum absolute atomic E-state index is 13.8. The summed E-state index contributed by atoms with van der Waals surface area (Å²) in [7, 11) is 0. The third-order valence-electron chi connectivity index (χ3n) is 3.86. The van der Waals surface area contributed by atoms with Gasteiger partial charge in [0.1, 0.15) is 5.69 Å². The first-order chi connectivity index (χ1) is 8.91. The fraction of sp³-hybridized carbons (Fsp3) is 0.533. The minimum atomic E-state index is -0.693. The first-order valence-electron chi connectivity index (χ1n) is 6.57. The van der Waals surface area contributed by atoms with Crippen LogP contribution < -0.4 is 5.32 Å². The lowest BCUT2D eigenvalue weighted by Crippen LogP contribution is -2.30. The summed E-state index contributed by atoms with van der Waals surface area (Å²) in [6, 6.07) is 3.98. The lowest BCUT2D eigenvalue weighted by molar-refractivity contribution is 0.232. The van der Waals surface area contributed by atoms with E-state index in [1.54, 1.807) is 6.07 Å². The zero-order chi connectivity index (χ0) is 14.0. The van der Waals surface area contributed by atoms with Gasteiger partial charge in [0, 0.05) is 6.04 Å². The molecule has 102 valence electrons. The molecule has 0 atom stereocenters. The molecule has 0 unspecified atom stereocenters. The summed E-state index contributed by atoms with van der Waals surface area (Å²) < 4.78 is 27.5. The number of anilines is 1. The predicted octanol–water partition coefficient (Wildman–Crippen LogP) is 4.22. The fourth-order valence-corrected chi connectivity index (χ4v) is 2.52. The summed E-state index contributed by atoms with van der Waals surface area (Å²) in [5, 5.41) is 11.6. The zero-order valence-corrected chi connectivity index (χ0v) is 11.3. The molecule has 0 heterocycles. The van der Waals surface area contributed by atoms with Crippen LogP contribution in [-0.4, -0.2) is 6.04 Å². The van der Waals surface area contributed by atoms with Gasteiger partial charge in [-0.2, -0.15) is 5.26 Å². The number of hydrogen-bond acceptors (Lipinski definition) is 2. The van der Waals surface area contributed by atoms with E-state index in [2.05, 4.69) is 19.2 Å². The van der Waals surface area contributed by atoms with Crippen LogP contribution in [0.4, 0.5) is 14.5 Å². The average Bonchev–Trinajstić information content (AvgIpc) is 2.35. The third kappa shape index (κ3) is 3.23. The zero-order valence-electron chi connectivity index (χ0n) is 11.3. The Morgan fingerprint density at radius 1 is 1.21 bits per heavy atom. The molecule has 19 heavy (non-hydrogen) atoms. The summed E-state index contributed by atoms with van der Waals surface area (Å²) in [4.78, 5) is 0. The quantitative estimate of drug-likeness (QED) is 0.868. The lowest BCUT2D eigenvalue weighted by Gasteiger charge is -2.35. The van der Waals surface area contributed by atoms with Gasteiger partial charge in [-0.15, -0.1) is 0 Å². The smallest absolute Gasteiger partial charge is 0.150 e. The number of nitrogens with zero attached hydrogens (tertiary/aromatic N) is 1. The Kier molecular flexibility index (Phi) is 3.75. The SMILES string of the molecule is CC1(C)CCC(Nc2c(F)cc(C#N)cc2F)CC1. The van der Waals surface area contributed by atoms with E-state index in [4.69, 9.17) is 5.26 Å². The van der Waals surface area contributed by atoms with Crippen molar-refractivity contribution in [2.24, 2.45) is 5.41 Å². The van der Waals surface area contributed by atoms with Gasteiger partial charge in [-0.1, -0.05) is 13.8 Å². The van der Waals surface area contributed by atoms with Crippen molar-refractivity contribution in [3.8, 4) is 6.07 Å². The van der Waals surface area contributed by atoms with Gasteiger partial charge in [0.05, 0.1) is 11.6 Å². The topological polar surface area (TPSA) is 35.8 Å². The molecule has 2 rings (SSSR count). The number of rotatable bonds is 2. The van der Waals surface area contributed by atoms with Gasteiger partial charge in [-0.3, -0.25) is 0 Å². The van der Waals surface area contributed by atoms with Gasteiger partial charge in [0.15, 0.2) is 11.6 Å². The molecule has 1 saturated carbocycles. The standard InChI is InChI=1S/C15H18F2N2/c1-15(2)5-3-11(4-6-15)19-14-12(16)7-10(9-18)8-13(14)17/h7-8,11,19H,3-6H2,1-2H3. The maximum Gasteiger partial charge on any atom is 0.150 e. The van der Waals surface area contributed by atoms with E-state index in [1.165, 1.54) is 0 Å². The van der Waals surface area contributed by atoms with Gasteiger partial charge in [0.2, 0.25) is 0 Å². The number of benzene rings is 1. The maximum atomic E-state index is 13.8. The molecule has 0 aromatic heterocycles. The fourth-order valence-electron chi connectivity index (χ4n) is 2.52. The normalized spacial score (nSPS) is 18.9. The first-order valence-corrected chi connectivity index (χ1v) is 6.57. The second-order valence-electron chi connectivity index (χ2n) is 6.01. The van der Waals surface area contributed by atoms with E-state index in [0.29, 0.717) is 5.41 Å². The molecule has 1 aromatic carbocycles. The summed E-state index contributed by atoms with van der Waals surface area (Å²) in [5.41, 5.74) is 0.217. The second-order valence-corrected chi connectivity index (χ2v) is 6.01. The minimum absolute atomic E-state index is 0.00493. The molecule has 4 heteroatoms. The molecule has 1 aromatic rings. The van der Waals surface area contributed by atoms with Crippen LogP contribution in [0.3, 0.4) is 0 Å². The van der Waals surface area contributed by atoms with E-state index >= 15 is 0 Å². The number of hydrogen-bond donors (Lipinski definition) is 1. The van der Waals surface area contributed by atoms with Crippen molar-refractivity contribution in [1.29, 1.82) is 5.26 Å². The van der Waals surface area contributed by atoms with Crippen LogP contribution >= 0.6 is 0 Å². The lowest BCUT2D eigenvalue weighted by atomic mass is 9.75. The van der Waals surface area contributed by atoms with Crippen molar-refractivity contribution in [3.05, 3.63) is 29.3 Å². The van der Waals surface area contributed by atoms with E-state index < -0.39 is 11.6 Å². The van der Waals surface area contributed by atoms with Crippen LogP contribution in [0.1, 0.15) is 45.1 Å².